The third-order valence-corrected chi connectivity index (χ3v) is 4.18. The number of alkyl halides is 2. The molecule has 2 atom stereocenters. The van der Waals surface area contributed by atoms with E-state index in [1.54, 1.807) is 12.1 Å². The molecule has 0 spiro atoms. The van der Waals surface area contributed by atoms with Gasteiger partial charge in [-0.15, -0.1) is 0 Å². The Bertz CT molecular complexity index is 436. The van der Waals surface area contributed by atoms with Crippen molar-refractivity contribution < 1.29 is 13.5 Å². The van der Waals surface area contributed by atoms with Crippen molar-refractivity contribution in [3.63, 3.8) is 0 Å². The van der Waals surface area contributed by atoms with Gasteiger partial charge in [-0.3, -0.25) is 4.90 Å². The van der Waals surface area contributed by atoms with Crippen molar-refractivity contribution in [2.75, 3.05) is 26.2 Å². The molecule has 2 rings (SSSR count). The van der Waals surface area contributed by atoms with Gasteiger partial charge in [-0.05, 0) is 12.0 Å². The molecule has 1 unspecified atom stereocenters. The Morgan fingerprint density at radius 3 is 2.52 bits per heavy atom. The Labute approximate surface area is 125 Å². The number of piperazine rings is 1. The molecule has 0 aromatic heterocycles. The molecule has 1 aromatic carbocycles. The van der Waals surface area contributed by atoms with Crippen molar-refractivity contribution in [2.45, 2.75) is 32.9 Å². The molecule has 21 heavy (non-hydrogen) atoms. The predicted octanol–water partition coefficient (Wildman–Crippen LogP) is 3.28. The second-order valence-electron chi connectivity index (χ2n) is 5.53. The molecule has 118 valence electrons. The van der Waals surface area contributed by atoms with E-state index in [1.807, 2.05) is 12.1 Å². The third-order valence-electron chi connectivity index (χ3n) is 4.18. The summed E-state index contributed by atoms with van der Waals surface area (Å²) in [4.78, 5) is 2.37. The molecule has 0 radical (unpaired) electrons. The number of hydrogen-bond donors (Lipinski definition) is 1. The summed E-state index contributed by atoms with van der Waals surface area (Å²) in [5.41, 5.74) is 0.869. The van der Waals surface area contributed by atoms with Crippen molar-refractivity contribution in [1.82, 2.24) is 10.2 Å². The molecule has 1 N–H and O–H groups in total. The van der Waals surface area contributed by atoms with E-state index in [2.05, 4.69) is 24.1 Å². The van der Waals surface area contributed by atoms with Gasteiger partial charge in [0.1, 0.15) is 5.75 Å². The predicted molar refractivity (Wildman–Crippen MR) is 79.7 cm³/mol. The lowest BCUT2D eigenvalue weighted by Crippen LogP contribution is -2.46. The minimum atomic E-state index is -2.79. The molecule has 1 aliphatic heterocycles. The van der Waals surface area contributed by atoms with E-state index in [-0.39, 0.29) is 6.04 Å². The van der Waals surface area contributed by atoms with Crippen LogP contribution < -0.4 is 10.1 Å². The minimum Gasteiger partial charge on any atom is -0.434 e. The van der Waals surface area contributed by atoms with Crippen LogP contribution in [0, 0.1) is 5.92 Å². The zero-order chi connectivity index (χ0) is 15.2. The van der Waals surface area contributed by atoms with E-state index >= 15 is 0 Å². The maximum absolute atomic E-state index is 12.6. The summed E-state index contributed by atoms with van der Waals surface area (Å²) in [6, 6.07) is 7.31. The Balaban J connectivity index is 2.31. The van der Waals surface area contributed by atoms with Crippen LogP contribution in [0.15, 0.2) is 24.3 Å². The summed E-state index contributed by atoms with van der Waals surface area (Å²) in [6.45, 7) is 5.25. The zero-order valence-electron chi connectivity index (χ0n) is 12.7. The maximum Gasteiger partial charge on any atom is 0.387 e. The van der Waals surface area contributed by atoms with Crippen molar-refractivity contribution >= 4 is 0 Å². The largest absolute Gasteiger partial charge is 0.434 e. The van der Waals surface area contributed by atoms with Crippen LogP contribution in [0.3, 0.4) is 0 Å². The van der Waals surface area contributed by atoms with Crippen LogP contribution in [-0.4, -0.2) is 37.7 Å². The first-order valence-electron chi connectivity index (χ1n) is 7.62. The monoisotopic (exact) mass is 298 g/mol. The SMILES string of the molecule is CCC(C)[C@H](c1ccccc1OC(F)F)N1CCNCC1. The lowest BCUT2D eigenvalue weighted by Gasteiger charge is -2.39. The molecule has 0 bridgehead atoms. The van der Waals surface area contributed by atoms with E-state index in [9.17, 15) is 8.78 Å². The highest BCUT2D eigenvalue weighted by Gasteiger charge is 2.29. The van der Waals surface area contributed by atoms with Crippen molar-refractivity contribution in [3.8, 4) is 5.75 Å². The van der Waals surface area contributed by atoms with Gasteiger partial charge in [-0.25, -0.2) is 0 Å². The van der Waals surface area contributed by atoms with Crippen LogP contribution in [0.2, 0.25) is 0 Å². The molecule has 0 amide bonds. The topological polar surface area (TPSA) is 24.5 Å². The number of hydrogen-bond acceptors (Lipinski definition) is 3. The molecule has 5 heteroatoms. The molecule has 1 aliphatic rings. The summed E-state index contributed by atoms with van der Waals surface area (Å²) in [5, 5.41) is 3.33. The second kappa shape index (κ2) is 7.71. The third kappa shape index (κ3) is 4.14. The number of para-hydroxylation sites is 1. The number of nitrogens with one attached hydrogen (secondary N) is 1. The van der Waals surface area contributed by atoms with Gasteiger partial charge in [0.2, 0.25) is 0 Å². The first-order chi connectivity index (χ1) is 10.1. The number of nitrogens with zero attached hydrogens (tertiary/aromatic N) is 1. The van der Waals surface area contributed by atoms with E-state index < -0.39 is 6.61 Å². The highest BCUT2D eigenvalue weighted by molar-refractivity contribution is 5.36. The molecule has 0 aliphatic carbocycles. The van der Waals surface area contributed by atoms with Crippen LogP contribution in [0.1, 0.15) is 31.9 Å². The van der Waals surface area contributed by atoms with Gasteiger partial charge in [0.05, 0.1) is 0 Å². The van der Waals surface area contributed by atoms with Crippen LogP contribution in [0.25, 0.3) is 0 Å². The van der Waals surface area contributed by atoms with Gasteiger partial charge in [-0.1, -0.05) is 38.5 Å². The number of ether oxygens (including phenoxy) is 1. The zero-order valence-corrected chi connectivity index (χ0v) is 12.7. The Morgan fingerprint density at radius 2 is 1.90 bits per heavy atom. The average Bonchev–Trinajstić information content (AvgIpc) is 2.49. The highest BCUT2D eigenvalue weighted by Crippen LogP contribution is 2.36. The lowest BCUT2D eigenvalue weighted by atomic mass is 9.90. The molecule has 0 saturated carbocycles. The van der Waals surface area contributed by atoms with Crippen molar-refractivity contribution in [3.05, 3.63) is 29.8 Å². The quantitative estimate of drug-likeness (QED) is 0.872. The summed E-state index contributed by atoms with van der Waals surface area (Å²) in [6.07, 6.45) is 0.998. The average molecular weight is 298 g/mol. The van der Waals surface area contributed by atoms with Crippen molar-refractivity contribution in [2.24, 2.45) is 5.92 Å². The van der Waals surface area contributed by atoms with Crippen LogP contribution >= 0.6 is 0 Å². The fourth-order valence-electron chi connectivity index (χ4n) is 2.97. The molecule has 3 nitrogen and oxygen atoms in total. The Morgan fingerprint density at radius 1 is 1.24 bits per heavy atom. The maximum atomic E-state index is 12.6. The summed E-state index contributed by atoms with van der Waals surface area (Å²) in [5.74, 6) is 0.682. The van der Waals surface area contributed by atoms with E-state index in [0.29, 0.717) is 11.7 Å². The smallest absolute Gasteiger partial charge is 0.387 e. The molecular weight excluding hydrogens is 274 g/mol. The first kappa shape index (κ1) is 16.2. The lowest BCUT2D eigenvalue weighted by molar-refractivity contribution is -0.0516. The van der Waals surface area contributed by atoms with Gasteiger partial charge >= 0.3 is 6.61 Å². The van der Waals surface area contributed by atoms with Gasteiger partial charge in [0.25, 0.3) is 0 Å². The van der Waals surface area contributed by atoms with E-state index in [0.717, 1.165) is 38.2 Å². The second-order valence-corrected chi connectivity index (χ2v) is 5.53. The van der Waals surface area contributed by atoms with E-state index in [1.165, 1.54) is 0 Å². The van der Waals surface area contributed by atoms with Crippen molar-refractivity contribution in [1.29, 1.82) is 0 Å². The summed E-state index contributed by atoms with van der Waals surface area (Å²) in [7, 11) is 0. The van der Waals surface area contributed by atoms with Gasteiger partial charge in [0.15, 0.2) is 0 Å². The number of halogens is 2. The highest BCUT2D eigenvalue weighted by atomic mass is 19.3. The van der Waals surface area contributed by atoms with Gasteiger partial charge < -0.3 is 10.1 Å². The summed E-state index contributed by atoms with van der Waals surface area (Å²) >= 11 is 0. The Hall–Kier alpha value is -1.20. The normalized spacial score (nSPS) is 19.5. The molecular formula is C16H24F2N2O. The number of benzene rings is 1. The van der Waals surface area contributed by atoms with Crippen LogP contribution in [0.5, 0.6) is 5.75 Å². The fourth-order valence-corrected chi connectivity index (χ4v) is 2.97. The number of rotatable bonds is 6. The van der Waals surface area contributed by atoms with E-state index in [4.69, 9.17) is 4.74 Å². The van der Waals surface area contributed by atoms with Crippen LogP contribution in [0.4, 0.5) is 8.78 Å². The van der Waals surface area contributed by atoms with Gasteiger partial charge in [-0.2, -0.15) is 8.78 Å². The standard InChI is InChI=1S/C16H24F2N2O/c1-3-12(2)15(20-10-8-19-9-11-20)13-6-4-5-7-14(13)21-16(17)18/h4-7,12,15-16,19H,3,8-11H2,1-2H3/t12?,15-/m1/s1. The molecule has 1 aromatic rings. The molecule has 1 saturated heterocycles. The summed E-state index contributed by atoms with van der Waals surface area (Å²) < 4.78 is 30.0. The first-order valence-corrected chi connectivity index (χ1v) is 7.62. The molecule has 1 fully saturated rings. The van der Waals surface area contributed by atoms with Gasteiger partial charge in [0, 0.05) is 37.8 Å². The van der Waals surface area contributed by atoms with Crippen LogP contribution in [-0.2, 0) is 0 Å². The minimum absolute atomic E-state index is 0.118. The fraction of sp³-hybridized carbons (Fsp3) is 0.625. The Kier molecular flexibility index (Phi) is 5.94. The molecule has 1 heterocycles.